The van der Waals surface area contributed by atoms with Crippen LogP contribution in [-0.2, 0) is 0 Å². The van der Waals surface area contributed by atoms with Crippen LogP contribution in [0.4, 0.5) is 11.5 Å². The summed E-state index contributed by atoms with van der Waals surface area (Å²) in [5.41, 5.74) is 6.63. The SMILES string of the molecule is Cc1cc(C(=O)Nc2ccc(-n3c(N)c4c(cc3=O)C(=O)NC4=O)cc2)co1. The van der Waals surface area contributed by atoms with Crippen LogP contribution < -0.4 is 21.9 Å². The number of amides is 3. The Balaban J connectivity index is 1.66. The molecule has 1 aliphatic heterocycles. The van der Waals surface area contributed by atoms with Crippen molar-refractivity contribution in [1.29, 1.82) is 0 Å². The maximum Gasteiger partial charge on any atom is 0.262 e. The Morgan fingerprint density at radius 3 is 2.46 bits per heavy atom. The first-order chi connectivity index (χ1) is 13.3. The maximum atomic E-state index is 12.4. The van der Waals surface area contributed by atoms with Gasteiger partial charge in [-0.15, -0.1) is 0 Å². The lowest BCUT2D eigenvalue weighted by Gasteiger charge is -2.12. The minimum Gasteiger partial charge on any atom is -0.469 e. The van der Waals surface area contributed by atoms with Crippen LogP contribution in [0.3, 0.4) is 0 Å². The van der Waals surface area contributed by atoms with Crippen molar-refractivity contribution in [3.05, 3.63) is 75.5 Å². The molecular formula is C19H14N4O5. The molecule has 0 aliphatic carbocycles. The van der Waals surface area contributed by atoms with E-state index < -0.39 is 17.4 Å². The molecule has 140 valence electrons. The fraction of sp³-hybridized carbons (Fsp3) is 0.0526. The number of fused-ring (bicyclic) bond motifs is 1. The third kappa shape index (κ3) is 2.75. The van der Waals surface area contributed by atoms with Crippen molar-refractivity contribution < 1.29 is 18.8 Å². The number of benzene rings is 1. The van der Waals surface area contributed by atoms with Crippen molar-refractivity contribution in [3.63, 3.8) is 0 Å². The number of carbonyl (C=O) groups is 3. The van der Waals surface area contributed by atoms with E-state index in [1.165, 1.54) is 6.26 Å². The van der Waals surface area contributed by atoms with Gasteiger partial charge in [0.25, 0.3) is 23.3 Å². The van der Waals surface area contributed by atoms with Gasteiger partial charge in [0, 0.05) is 11.8 Å². The van der Waals surface area contributed by atoms with Gasteiger partial charge in [0.1, 0.15) is 17.8 Å². The number of rotatable bonds is 3. The summed E-state index contributed by atoms with van der Waals surface area (Å²) in [6.07, 6.45) is 1.36. The minimum absolute atomic E-state index is 0.0303. The van der Waals surface area contributed by atoms with E-state index in [9.17, 15) is 19.2 Å². The van der Waals surface area contributed by atoms with E-state index in [2.05, 4.69) is 10.6 Å². The van der Waals surface area contributed by atoms with Gasteiger partial charge in [-0.1, -0.05) is 0 Å². The maximum absolute atomic E-state index is 12.4. The average Bonchev–Trinajstić information content (AvgIpc) is 3.20. The highest BCUT2D eigenvalue weighted by Gasteiger charge is 2.31. The zero-order valence-corrected chi connectivity index (χ0v) is 14.6. The van der Waals surface area contributed by atoms with Crippen molar-refractivity contribution in [2.45, 2.75) is 6.92 Å². The van der Waals surface area contributed by atoms with Gasteiger partial charge in [0.15, 0.2) is 0 Å². The molecule has 3 aromatic rings. The lowest BCUT2D eigenvalue weighted by atomic mass is 10.1. The molecule has 0 radical (unpaired) electrons. The lowest BCUT2D eigenvalue weighted by Crippen LogP contribution is -2.24. The minimum atomic E-state index is -0.650. The first kappa shape index (κ1) is 17.3. The number of nitrogen functional groups attached to an aromatic ring is 1. The Kier molecular flexibility index (Phi) is 3.85. The predicted molar refractivity (Wildman–Crippen MR) is 99.6 cm³/mol. The highest BCUT2D eigenvalue weighted by Crippen LogP contribution is 2.23. The van der Waals surface area contributed by atoms with Gasteiger partial charge in [-0.3, -0.25) is 29.1 Å². The summed E-state index contributed by atoms with van der Waals surface area (Å²) in [6.45, 7) is 1.73. The standard InChI is InChI=1S/C19H14N4O5/c1-9-6-10(8-28-9)17(25)21-11-2-4-12(5-3-11)23-14(24)7-13-15(16(23)20)19(27)22-18(13)26/h2-8H,20H2,1H3,(H,21,25)(H,22,26,27). The molecule has 0 saturated carbocycles. The monoisotopic (exact) mass is 378 g/mol. The molecular weight excluding hydrogens is 364 g/mol. The van der Waals surface area contributed by atoms with E-state index in [4.69, 9.17) is 10.2 Å². The second-order valence-corrected chi connectivity index (χ2v) is 6.22. The van der Waals surface area contributed by atoms with Gasteiger partial charge in [0.2, 0.25) is 0 Å². The summed E-state index contributed by atoms with van der Waals surface area (Å²) in [5, 5.41) is 4.82. The summed E-state index contributed by atoms with van der Waals surface area (Å²) in [5.74, 6) is -1.14. The fourth-order valence-corrected chi connectivity index (χ4v) is 3.01. The van der Waals surface area contributed by atoms with Crippen molar-refractivity contribution in [3.8, 4) is 5.69 Å². The van der Waals surface area contributed by atoms with Crippen LogP contribution in [0, 0.1) is 6.92 Å². The number of imide groups is 1. The van der Waals surface area contributed by atoms with Crippen LogP contribution in [0.25, 0.3) is 5.69 Å². The number of nitrogens with two attached hydrogens (primary N) is 1. The van der Waals surface area contributed by atoms with Crippen molar-refractivity contribution in [2.75, 3.05) is 11.1 Å². The van der Waals surface area contributed by atoms with Crippen LogP contribution in [0.1, 0.15) is 36.8 Å². The number of hydrogen-bond acceptors (Lipinski definition) is 6. The van der Waals surface area contributed by atoms with Crippen LogP contribution in [0.2, 0.25) is 0 Å². The highest BCUT2D eigenvalue weighted by atomic mass is 16.3. The normalized spacial score (nSPS) is 12.6. The molecule has 0 bridgehead atoms. The number of aryl methyl sites for hydroxylation is 1. The third-order valence-corrected chi connectivity index (χ3v) is 4.33. The van der Waals surface area contributed by atoms with E-state index in [-0.39, 0.29) is 22.9 Å². The molecule has 9 nitrogen and oxygen atoms in total. The van der Waals surface area contributed by atoms with E-state index >= 15 is 0 Å². The predicted octanol–water partition coefficient (Wildman–Crippen LogP) is 1.46. The summed E-state index contributed by atoms with van der Waals surface area (Å²) in [6, 6.07) is 8.99. The Bertz CT molecular complexity index is 1200. The van der Waals surface area contributed by atoms with E-state index in [0.29, 0.717) is 22.7 Å². The number of furan rings is 1. The molecule has 0 fully saturated rings. The topological polar surface area (TPSA) is 136 Å². The second kappa shape index (κ2) is 6.23. The molecule has 1 aromatic carbocycles. The molecule has 4 rings (SSSR count). The Labute approximate surface area is 157 Å². The van der Waals surface area contributed by atoms with E-state index in [0.717, 1.165) is 10.6 Å². The summed E-state index contributed by atoms with van der Waals surface area (Å²) in [4.78, 5) is 48.2. The molecule has 0 saturated heterocycles. The van der Waals surface area contributed by atoms with Crippen LogP contribution >= 0.6 is 0 Å². The van der Waals surface area contributed by atoms with Gasteiger partial charge >= 0.3 is 0 Å². The number of hydrogen-bond donors (Lipinski definition) is 3. The summed E-state index contributed by atoms with van der Waals surface area (Å²) >= 11 is 0. The molecule has 4 N–H and O–H groups in total. The van der Waals surface area contributed by atoms with Gasteiger partial charge in [0.05, 0.1) is 22.4 Å². The number of aromatic nitrogens is 1. The first-order valence-electron chi connectivity index (χ1n) is 8.23. The molecule has 2 aromatic heterocycles. The molecule has 0 spiro atoms. The van der Waals surface area contributed by atoms with Crippen LogP contribution in [-0.4, -0.2) is 22.3 Å². The van der Waals surface area contributed by atoms with E-state index in [1.54, 1.807) is 37.3 Å². The number of carbonyl (C=O) groups excluding carboxylic acids is 3. The van der Waals surface area contributed by atoms with Gasteiger partial charge in [-0.25, -0.2) is 0 Å². The van der Waals surface area contributed by atoms with Gasteiger partial charge in [-0.2, -0.15) is 0 Å². The first-order valence-corrected chi connectivity index (χ1v) is 8.23. The highest BCUT2D eigenvalue weighted by molar-refractivity contribution is 6.23. The molecule has 0 unspecified atom stereocenters. The number of nitrogens with one attached hydrogen (secondary N) is 2. The van der Waals surface area contributed by atoms with Gasteiger partial charge < -0.3 is 15.5 Å². The number of anilines is 2. The smallest absolute Gasteiger partial charge is 0.262 e. The largest absolute Gasteiger partial charge is 0.469 e. The molecule has 3 heterocycles. The molecule has 1 aliphatic rings. The molecule has 3 amide bonds. The zero-order chi connectivity index (χ0) is 20.0. The van der Waals surface area contributed by atoms with Crippen LogP contribution in [0.5, 0.6) is 0 Å². The lowest BCUT2D eigenvalue weighted by molar-refractivity contribution is 0.0879. The number of nitrogens with zero attached hydrogens (tertiary/aromatic N) is 1. The van der Waals surface area contributed by atoms with Crippen LogP contribution in [0.15, 0.2) is 51.9 Å². The Morgan fingerprint density at radius 1 is 1.11 bits per heavy atom. The fourth-order valence-electron chi connectivity index (χ4n) is 3.01. The van der Waals surface area contributed by atoms with E-state index in [1.807, 2.05) is 0 Å². The van der Waals surface area contributed by atoms with Crippen molar-refractivity contribution in [2.24, 2.45) is 0 Å². The molecule has 9 heteroatoms. The summed E-state index contributed by atoms with van der Waals surface area (Å²) in [7, 11) is 0. The van der Waals surface area contributed by atoms with Gasteiger partial charge in [-0.05, 0) is 37.3 Å². The van der Waals surface area contributed by atoms with Crippen molar-refractivity contribution >= 4 is 29.2 Å². The summed E-state index contributed by atoms with van der Waals surface area (Å²) < 4.78 is 6.24. The number of pyridine rings is 1. The second-order valence-electron chi connectivity index (χ2n) is 6.22. The third-order valence-electron chi connectivity index (χ3n) is 4.33. The zero-order valence-electron chi connectivity index (χ0n) is 14.6. The molecule has 28 heavy (non-hydrogen) atoms. The Morgan fingerprint density at radius 2 is 1.82 bits per heavy atom. The Hall–Kier alpha value is -4.14. The average molecular weight is 378 g/mol. The molecule has 0 atom stereocenters. The van der Waals surface area contributed by atoms with Crippen molar-refractivity contribution in [1.82, 2.24) is 9.88 Å². The quantitative estimate of drug-likeness (QED) is 0.590.